The van der Waals surface area contributed by atoms with Crippen LogP contribution in [0.15, 0.2) is 34.6 Å². The van der Waals surface area contributed by atoms with Gasteiger partial charge in [-0.25, -0.2) is 4.98 Å². The molecule has 1 aromatic heterocycles. The van der Waals surface area contributed by atoms with Gasteiger partial charge in [-0.15, -0.1) is 35.3 Å². The Kier molecular flexibility index (Phi) is 9.67. The van der Waals surface area contributed by atoms with Crippen LogP contribution < -0.4 is 5.32 Å². The number of aromatic nitrogens is 1. The first kappa shape index (κ1) is 23.1. The van der Waals surface area contributed by atoms with Crippen molar-refractivity contribution in [1.29, 1.82) is 0 Å². The van der Waals surface area contributed by atoms with E-state index in [9.17, 15) is 0 Å². The Morgan fingerprint density at radius 3 is 2.46 bits per heavy atom. The molecule has 3 rings (SSSR count). The average molecular weight is 513 g/mol. The molecule has 1 fully saturated rings. The van der Waals surface area contributed by atoms with Crippen LogP contribution in [-0.4, -0.2) is 47.9 Å². The molecule has 0 spiro atoms. The van der Waals surface area contributed by atoms with Crippen molar-refractivity contribution < 1.29 is 0 Å². The molecular formula is C21H32IN5S. The molecule has 0 unspecified atom stereocenters. The van der Waals surface area contributed by atoms with Crippen molar-refractivity contribution in [3.8, 4) is 0 Å². The monoisotopic (exact) mass is 513 g/mol. The van der Waals surface area contributed by atoms with E-state index in [0.29, 0.717) is 0 Å². The third-order valence-electron chi connectivity index (χ3n) is 4.97. The Bertz CT molecular complexity index is 738. The lowest BCUT2D eigenvalue weighted by Crippen LogP contribution is -2.38. The molecule has 0 radical (unpaired) electrons. The molecule has 5 nitrogen and oxygen atoms in total. The third kappa shape index (κ3) is 7.00. The number of guanidine groups is 1. The fourth-order valence-corrected chi connectivity index (χ4v) is 4.11. The molecule has 154 valence electrons. The highest BCUT2D eigenvalue weighted by atomic mass is 127. The molecule has 0 bridgehead atoms. The van der Waals surface area contributed by atoms with Crippen LogP contribution in [0.3, 0.4) is 0 Å². The summed E-state index contributed by atoms with van der Waals surface area (Å²) in [5, 5.41) is 6.67. The summed E-state index contributed by atoms with van der Waals surface area (Å²) in [6.45, 7) is 7.13. The minimum Gasteiger partial charge on any atom is -0.352 e. The molecule has 0 aliphatic carbocycles. The SMILES string of the molecule is CN=C(NCc1ccc(CN2CCCCC2)cc1)N(C)Cc1csc(C)n1.I. The smallest absolute Gasteiger partial charge is 0.194 e. The zero-order valence-electron chi connectivity index (χ0n) is 17.1. The highest BCUT2D eigenvalue weighted by Crippen LogP contribution is 2.14. The number of rotatable bonds is 6. The minimum absolute atomic E-state index is 0. The topological polar surface area (TPSA) is 43.8 Å². The summed E-state index contributed by atoms with van der Waals surface area (Å²) in [4.78, 5) is 13.6. The van der Waals surface area contributed by atoms with Gasteiger partial charge in [-0.1, -0.05) is 30.7 Å². The van der Waals surface area contributed by atoms with E-state index in [2.05, 4.69) is 54.7 Å². The molecular weight excluding hydrogens is 481 g/mol. The number of hydrogen-bond donors (Lipinski definition) is 1. The summed E-state index contributed by atoms with van der Waals surface area (Å²) in [7, 11) is 3.87. The molecule has 1 aromatic carbocycles. The summed E-state index contributed by atoms with van der Waals surface area (Å²) in [6.07, 6.45) is 4.07. The molecule has 2 aromatic rings. The molecule has 2 heterocycles. The van der Waals surface area contributed by atoms with Crippen molar-refractivity contribution in [2.45, 2.75) is 45.8 Å². The second-order valence-corrected chi connectivity index (χ2v) is 8.33. The van der Waals surface area contributed by atoms with Crippen LogP contribution in [-0.2, 0) is 19.6 Å². The molecule has 1 aliphatic rings. The van der Waals surface area contributed by atoms with Gasteiger partial charge in [0.05, 0.1) is 17.2 Å². The number of nitrogens with zero attached hydrogens (tertiary/aromatic N) is 4. The number of benzene rings is 1. The van der Waals surface area contributed by atoms with Crippen LogP contribution in [0.2, 0.25) is 0 Å². The predicted octanol–water partition coefficient (Wildman–Crippen LogP) is 4.26. The van der Waals surface area contributed by atoms with E-state index in [0.717, 1.165) is 36.3 Å². The molecule has 1 saturated heterocycles. The van der Waals surface area contributed by atoms with Gasteiger partial charge < -0.3 is 10.2 Å². The maximum Gasteiger partial charge on any atom is 0.194 e. The first-order valence-electron chi connectivity index (χ1n) is 9.77. The van der Waals surface area contributed by atoms with Gasteiger partial charge in [0, 0.05) is 32.6 Å². The van der Waals surface area contributed by atoms with Gasteiger partial charge in [0.1, 0.15) is 0 Å². The Hall–Kier alpha value is -1.19. The van der Waals surface area contributed by atoms with E-state index in [1.807, 2.05) is 21.0 Å². The lowest BCUT2D eigenvalue weighted by atomic mass is 10.1. The number of halogens is 1. The van der Waals surface area contributed by atoms with Crippen LogP contribution in [0.25, 0.3) is 0 Å². The van der Waals surface area contributed by atoms with Crippen molar-refractivity contribution in [1.82, 2.24) is 20.1 Å². The highest BCUT2D eigenvalue weighted by molar-refractivity contribution is 14.0. The summed E-state index contributed by atoms with van der Waals surface area (Å²) in [6, 6.07) is 8.97. The number of hydrogen-bond acceptors (Lipinski definition) is 4. The van der Waals surface area contributed by atoms with Crippen molar-refractivity contribution in [3.63, 3.8) is 0 Å². The van der Waals surface area contributed by atoms with Gasteiger partial charge in [-0.05, 0) is 44.0 Å². The lowest BCUT2D eigenvalue weighted by molar-refractivity contribution is 0.221. The molecule has 0 amide bonds. The zero-order valence-corrected chi connectivity index (χ0v) is 20.3. The minimum atomic E-state index is 0. The van der Waals surface area contributed by atoms with Gasteiger partial charge in [-0.2, -0.15) is 0 Å². The van der Waals surface area contributed by atoms with Crippen LogP contribution >= 0.6 is 35.3 Å². The number of thiazole rings is 1. The Labute approximate surface area is 190 Å². The van der Waals surface area contributed by atoms with E-state index in [1.165, 1.54) is 43.5 Å². The third-order valence-corrected chi connectivity index (χ3v) is 5.79. The van der Waals surface area contributed by atoms with E-state index in [4.69, 9.17) is 0 Å². The second-order valence-electron chi connectivity index (χ2n) is 7.27. The first-order valence-corrected chi connectivity index (χ1v) is 10.6. The van der Waals surface area contributed by atoms with Gasteiger partial charge in [0.15, 0.2) is 5.96 Å². The van der Waals surface area contributed by atoms with Crippen LogP contribution in [0.5, 0.6) is 0 Å². The van der Waals surface area contributed by atoms with E-state index < -0.39 is 0 Å². The fourth-order valence-electron chi connectivity index (χ4n) is 3.50. The summed E-state index contributed by atoms with van der Waals surface area (Å²) >= 11 is 1.69. The Balaban J connectivity index is 0.00000280. The molecule has 1 aliphatic heterocycles. The first-order chi connectivity index (χ1) is 13.1. The Morgan fingerprint density at radius 1 is 1.18 bits per heavy atom. The van der Waals surface area contributed by atoms with Crippen LogP contribution in [0.1, 0.15) is 41.1 Å². The van der Waals surface area contributed by atoms with E-state index in [1.54, 1.807) is 11.3 Å². The quantitative estimate of drug-likeness (QED) is 0.356. The molecule has 28 heavy (non-hydrogen) atoms. The van der Waals surface area contributed by atoms with Crippen molar-refractivity contribution in [2.24, 2.45) is 4.99 Å². The number of aryl methyl sites for hydroxylation is 1. The van der Waals surface area contributed by atoms with Crippen molar-refractivity contribution >= 4 is 41.3 Å². The molecule has 0 atom stereocenters. The largest absolute Gasteiger partial charge is 0.352 e. The highest BCUT2D eigenvalue weighted by Gasteiger charge is 2.11. The predicted molar refractivity (Wildman–Crippen MR) is 130 cm³/mol. The van der Waals surface area contributed by atoms with Gasteiger partial charge in [0.2, 0.25) is 0 Å². The summed E-state index contributed by atoms with van der Waals surface area (Å²) in [5.74, 6) is 0.887. The van der Waals surface area contributed by atoms with Crippen molar-refractivity contribution in [3.05, 3.63) is 51.5 Å². The molecule has 7 heteroatoms. The summed E-state index contributed by atoms with van der Waals surface area (Å²) < 4.78 is 0. The number of nitrogens with one attached hydrogen (secondary N) is 1. The molecule has 1 N–H and O–H groups in total. The molecule has 0 saturated carbocycles. The zero-order chi connectivity index (χ0) is 19.1. The maximum absolute atomic E-state index is 4.53. The standard InChI is InChI=1S/C21H31N5S.HI/c1-17-24-20(16-27-17)15-25(3)21(22-2)23-13-18-7-9-19(10-8-18)14-26-11-5-4-6-12-26;/h7-10,16H,4-6,11-15H2,1-3H3,(H,22,23);1H. The van der Waals surface area contributed by atoms with Crippen molar-refractivity contribution in [2.75, 3.05) is 27.2 Å². The average Bonchev–Trinajstić information content (AvgIpc) is 3.09. The number of aliphatic imine (C=N–C) groups is 1. The fraction of sp³-hybridized carbons (Fsp3) is 0.524. The Morgan fingerprint density at radius 2 is 1.86 bits per heavy atom. The van der Waals surface area contributed by atoms with Gasteiger partial charge in [-0.3, -0.25) is 9.89 Å². The van der Waals surface area contributed by atoms with E-state index in [-0.39, 0.29) is 24.0 Å². The van der Waals surface area contributed by atoms with E-state index >= 15 is 0 Å². The van der Waals surface area contributed by atoms with Crippen LogP contribution in [0, 0.1) is 6.92 Å². The van der Waals surface area contributed by atoms with Gasteiger partial charge >= 0.3 is 0 Å². The summed E-state index contributed by atoms with van der Waals surface area (Å²) in [5.41, 5.74) is 3.77. The second kappa shape index (κ2) is 11.7. The normalized spacial score (nSPS) is 15.2. The van der Waals surface area contributed by atoms with Crippen LogP contribution in [0.4, 0.5) is 0 Å². The maximum atomic E-state index is 4.53. The number of likely N-dealkylation sites (tertiary alicyclic amines) is 1. The number of piperidine rings is 1. The lowest BCUT2D eigenvalue weighted by Gasteiger charge is -2.26. The van der Waals surface area contributed by atoms with Gasteiger partial charge in [0.25, 0.3) is 0 Å².